The van der Waals surface area contributed by atoms with E-state index in [-0.39, 0.29) is 7.43 Å². The van der Waals surface area contributed by atoms with Crippen molar-refractivity contribution in [1.29, 1.82) is 0 Å². The summed E-state index contributed by atoms with van der Waals surface area (Å²) in [6.07, 6.45) is 0. The van der Waals surface area contributed by atoms with Gasteiger partial charge in [0.05, 0.1) is 5.69 Å². The smallest absolute Gasteiger partial charge is 0.103 e. The number of hydrogen-bond acceptors (Lipinski definition) is 1. The third kappa shape index (κ3) is 1.49. The van der Waals surface area contributed by atoms with E-state index < -0.39 is 0 Å². The lowest BCUT2D eigenvalue weighted by Crippen LogP contribution is -1.71. The molecule has 0 amide bonds. The highest BCUT2D eigenvalue weighted by molar-refractivity contribution is 5.09. The zero-order valence-corrected chi connectivity index (χ0v) is 6.45. The zero-order chi connectivity index (χ0) is 6.15. The highest BCUT2D eigenvalue weighted by atomic mass is 14.9. The van der Waals surface area contributed by atoms with E-state index in [0.29, 0.717) is 0 Å². The number of aromatic nitrogens is 2. The molecule has 1 rings (SSSR count). The first-order chi connectivity index (χ1) is 3.70. The van der Waals surface area contributed by atoms with Crippen LogP contribution < -0.4 is 0 Å². The Morgan fingerprint density at radius 3 is 1.89 bits per heavy atom. The molecule has 0 aliphatic heterocycles. The summed E-state index contributed by atoms with van der Waals surface area (Å²) in [5, 5.41) is 0. The summed E-state index contributed by atoms with van der Waals surface area (Å²) in [6.45, 7) is 5.98. The highest BCUT2D eigenvalue weighted by Gasteiger charge is 1.93. The minimum Gasteiger partial charge on any atom is -0.346 e. The molecule has 0 radical (unpaired) electrons. The molecule has 9 heavy (non-hydrogen) atoms. The van der Waals surface area contributed by atoms with Crippen molar-refractivity contribution in [2.75, 3.05) is 0 Å². The minimum atomic E-state index is 0. The van der Waals surface area contributed by atoms with Gasteiger partial charge in [0.25, 0.3) is 0 Å². The van der Waals surface area contributed by atoms with Gasteiger partial charge in [-0.2, -0.15) is 0 Å². The molecule has 0 atom stereocenters. The lowest BCUT2D eigenvalue weighted by molar-refractivity contribution is 1.12. The Bertz CT molecular complexity index is 169. The van der Waals surface area contributed by atoms with Crippen LogP contribution in [0.3, 0.4) is 0 Å². The molecule has 1 aromatic heterocycles. The maximum absolute atomic E-state index is 4.16. The van der Waals surface area contributed by atoms with E-state index in [2.05, 4.69) is 9.97 Å². The van der Waals surface area contributed by atoms with Crippen LogP contribution in [0.15, 0.2) is 0 Å². The molecule has 0 spiro atoms. The third-order valence-electron chi connectivity index (χ3n) is 1.25. The summed E-state index contributed by atoms with van der Waals surface area (Å²) in [7, 11) is 0. The van der Waals surface area contributed by atoms with Crippen molar-refractivity contribution in [2.24, 2.45) is 0 Å². The molecule has 1 heterocycles. The maximum atomic E-state index is 4.16. The molecule has 0 aliphatic rings. The summed E-state index contributed by atoms with van der Waals surface area (Å²) < 4.78 is 0. The zero-order valence-electron chi connectivity index (χ0n) is 6.45. The van der Waals surface area contributed by atoms with Gasteiger partial charge in [0.15, 0.2) is 0 Å². The largest absolute Gasteiger partial charge is 0.346 e. The number of imidazole rings is 1. The van der Waals surface area contributed by atoms with Gasteiger partial charge in [0, 0.05) is 13.1 Å². The Morgan fingerprint density at radius 2 is 1.78 bits per heavy atom. The first-order valence-corrected chi connectivity index (χ1v) is 2.70. The summed E-state index contributed by atoms with van der Waals surface area (Å²) >= 11 is 0. The van der Waals surface area contributed by atoms with Crippen LogP contribution in [0.1, 0.15) is 17.2 Å². The molecular formula is C7H13N2+. The van der Waals surface area contributed by atoms with Gasteiger partial charge < -0.3 is 4.98 Å². The number of hydrogen-bond donors (Lipinski definition) is 1. The van der Waals surface area contributed by atoms with Gasteiger partial charge in [-0.25, -0.2) is 4.98 Å². The molecule has 0 saturated carbocycles. The lowest BCUT2D eigenvalue weighted by atomic mass is 10.4. The van der Waals surface area contributed by atoms with Crippen LogP contribution in [-0.2, 0) is 0 Å². The molecule has 0 saturated heterocycles. The third-order valence-corrected chi connectivity index (χ3v) is 1.25. The van der Waals surface area contributed by atoms with E-state index >= 15 is 0 Å². The molecule has 50 valence electrons. The lowest BCUT2D eigenvalue weighted by Gasteiger charge is -1.79. The fraction of sp³-hybridized carbons (Fsp3) is 0.429. The van der Waals surface area contributed by atoms with Gasteiger partial charge in [-0.3, -0.25) is 0 Å². The van der Waals surface area contributed by atoms with Crippen LogP contribution in [0.4, 0.5) is 0 Å². The van der Waals surface area contributed by atoms with E-state index in [1.807, 2.05) is 20.8 Å². The average molecular weight is 125 g/mol. The molecule has 0 aliphatic carbocycles. The Morgan fingerprint density at radius 1 is 1.22 bits per heavy atom. The average Bonchev–Trinajstić information content (AvgIpc) is 1.85. The molecule has 0 unspecified atom stereocenters. The molecule has 2 nitrogen and oxygen atoms in total. The first kappa shape index (κ1) is 8.08. The normalized spacial score (nSPS) is 8.78. The van der Waals surface area contributed by atoms with E-state index in [9.17, 15) is 0 Å². The van der Waals surface area contributed by atoms with E-state index in [4.69, 9.17) is 0 Å². The molecule has 2 heteroatoms. The monoisotopic (exact) mass is 125 g/mol. The maximum Gasteiger partial charge on any atom is 0.103 e. The first-order valence-electron chi connectivity index (χ1n) is 2.70. The quantitative estimate of drug-likeness (QED) is 0.526. The van der Waals surface area contributed by atoms with Crippen molar-refractivity contribution in [2.45, 2.75) is 20.8 Å². The van der Waals surface area contributed by atoms with Crippen LogP contribution >= 0.6 is 0 Å². The summed E-state index contributed by atoms with van der Waals surface area (Å²) in [6, 6.07) is 0. The second kappa shape index (κ2) is 2.58. The van der Waals surface area contributed by atoms with Crippen molar-refractivity contribution in [3.8, 4) is 0 Å². The number of nitrogens with one attached hydrogen (secondary N) is 1. The van der Waals surface area contributed by atoms with Crippen molar-refractivity contribution in [1.82, 2.24) is 9.97 Å². The van der Waals surface area contributed by atoms with Gasteiger partial charge in [-0.1, -0.05) is 0 Å². The number of aromatic amines is 1. The summed E-state index contributed by atoms with van der Waals surface area (Å²) in [4.78, 5) is 7.25. The van der Waals surface area contributed by atoms with Gasteiger partial charge >= 0.3 is 0 Å². The Balaban J connectivity index is 0.000000640. The van der Waals surface area contributed by atoms with Crippen molar-refractivity contribution in [3.63, 3.8) is 0 Å². The summed E-state index contributed by atoms with van der Waals surface area (Å²) in [5.74, 6) is 1.00. The molecule has 0 aromatic carbocycles. The van der Waals surface area contributed by atoms with Crippen molar-refractivity contribution >= 4 is 0 Å². The number of nitrogens with zero attached hydrogens (tertiary/aromatic N) is 1. The van der Waals surface area contributed by atoms with Gasteiger partial charge in [0.1, 0.15) is 5.82 Å². The molecule has 0 bridgehead atoms. The molecule has 0 fully saturated rings. The molecular weight excluding hydrogens is 112 g/mol. The Hall–Kier alpha value is -0.920. The standard InChI is InChI=1S/C6H10N2.CH3/c1-4-5(2)8-6(3)7-4;/h1-3H3,(H,7,8);1H3/q;+1. The highest BCUT2D eigenvalue weighted by Crippen LogP contribution is 1.99. The SMILES string of the molecule is Cc1nc(C)c(C)[nH]1.[CH3+]. The van der Waals surface area contributed by atoms with Crippen LogP contribution in [0.2, 0.25) is 0 Å². The number of aryl methyl sites for hydroxylation is 3. The van der Waals surface area contributed by atoms with E-state index in [0.717, 1.165) is 11.5 Å². The molecule has 1 N–H and O–H groups in total. The van der Waals surface area contributed by atoms with Gasteiger partial charge in [-0.05, 0) is 20.8 Å². The van der Waals surface area contributed by atoms with Crippen LogP contribution in [-0.4, -0.2) is 9.97 Å². The molecule has 1 aromatic rings. The van der Waals surface area contributed by atoms with Crippen LogP contribution in [0.5, 0.6) is 0 Å². The van der Waals surface area contributed by atoms with Crippen molar-refractivity contribution < 1.29 is 0 Å². The van der Waals surface area contributed by atoms with Crippen LogP contribution in [0, 0.1) is 28.2 Å². The van der Waals surface area contributed by atoms with Crippen LogP contribution in [0.25, 0.3) is 0 Å². The minimum absolute atomic E-state index is 0. The van der Waals surface area contributed by atoms with Crippen molar-refractivity contribution in [3.05, 3.63) is 24.6 Å². The predicted octanol–water partition coefficient (Wildman–Crippen LogP) is 1.79. The number of rotatable bonds is 0. The predicted molar refractivity (Wildman–Crippen MR) is 39.2 cm³/mol. The summed E-state index contributed by atoms with van der Waals surface area (Å²) in [5.41, 5.74) is 2.27. The Labute approximate surface area is 56.3 Å². The van der Waals surface area contributed by atoms with Gasteiger partial charge in [-0.15, -0.1) is 0 Å². The second-order valence-electron chi connectivity index (χ2n) is 2.03. The fourth-order valence-corrected chi connectivity index (χ4v) is 0.725. The van der Waals surface area contributed by atoms with Gasteiger partial charge in [0.2, 0.25) is 0 Å². The second-order valence-corrected chi connectivity index (χ2v) is 2.03. The van der Waals surface area contributed by atoms with E-state index in [1.54, 1.807) is 0 Å². The number of H-pyrrole nitrogens is 1. The van der Waals surface area contributed by atoms with E-state index in [1.165, 1.54) is 5.69 Å². The fourth-order valence-electron chi connectivity index (χ4n) is 0.725. The Kier molecular flexibility index (Phi) is 2.31. The topological polar surface area (TPSA) is 28.7 Å².